The van der Waals surface area contributed by atoms with Gasteiger partial charge >= 0.3 is 18.2 Å². The number of anilines is 4. The second-order valence-electron chi connectivity index (χ2n) is 6.87. The molecule has 0 spiro atoms. The summed E-state index contributed by atoms with van der Waals surface area (Å²) in [6.07, 6.45) is -1.03. The third-order valence-electron chi connectivity index (χ3n) is 5.18. The van der Waals surface area contributed by atoms with E-state index in [1.54, 1.807) is 66.3 Å². The Hall–Kier alpha value is -3.49. The Kier molecular flexibility index (Phi) is 5.73. The van der Waals surface area contributed by atoms with E-state index in [1.807, 2.05) is 0 Å². The fourth-order valence-electron chi connectivity index (χ4n) is 3.61. The largest absolute Gasteiger partial charge is 0.449 e. The first-order chi connectivity index (χ1) is 14.2. The molecule has 0 fully saturated rings. The average Bonchev–Trinajstić information content (AvgIpc) is 2.74. The van der Waals surface area contributed by atoms with Gasteiger partial charge < -0.3 is 9.47 Å². The predicted octanol–water partition coefficient (Wildman–Crippen LogP) is 4.03. The Morgan fingerprint density at radius 1 is 0.800 bits per heavy atom. The van der Waals surface area contributed by atoms with Crippen molar-refractivity contribution in [3.8, 4) is 0 Å². The highest BCUT2D eigenvalue weighted by Gasteiger charge is 2.32. The molecule has 0 radical (unpaired) electrons. The Labute approximate surface area is 175 Å². The quantitative estimate of drug-likeness (QED) is 0.754. The highest BCUT2D eigenvalue weighted by Crippen LogP contribution is 2.47. The van der Waals surface area contributed by atoms with Crippen LogP contribution in [0.4, 0.5) is 37.1 Å². The van der Waals surface area contributed by atoms with E-state index in [1.165, 1.54) is 19.6 Å². The first kappa shape index (κ1) is 21.2. The van der Waals surface area contributed by atoms with Crippen molar-refractivity contribution in [1.82, 2.24) is 0 Å². The second-order valence-corrected chi connectivity index (χ2v) is 6.87. The molecular formula is C21H26N4O5. The van der Waals surface area contributed by atoms with E-state index >= 15 is 0 Å². The monoisotopic (exact) mass is 414 g/mol. The molecule has 0 unspecified atom stereocenters. The number of carbonyl (C=O) groups excluding carboxylic acids is 3. The van der Waals surface area contributed by atoms with Crippen LogP contribution in [0.25, 0.3) is 10.8 Å². The first-order valence-electron chi connectivity index (χ1n) is 9.66. The van der Waals surface area contributed by atoms with E-state index in [4.69, 9.17) is 9.47 Å². The average molecular weight is 414 g/mol. The Bertz CT molecular complexity index is 947. The molecule has 0 aromatic heterocycles. The minimum atomic E-state index is -0.517. The van der Waals surface area contributed by atoms with Crippen molar-refractivity contribution in [2.75, 3.05) is 61.0 Å². The van der Waals surface area contributed by atoms with E-state index in [0.717, 1.165) is 5.39 Å². The van der Waals surface area contributed by atoms with Crippen molar-refractivity contribution in [2.45, 2.75) is 13.8 Å². The van der Waals surface area contributed by atoms with Crippen LogP contribution in [0, 0.1) is 0 Å². The number of nitrogens with zero attached hydrogens (tertiary/aromatic N) is 4. The number of benzene rings is 2. The molecule has 1 heterocycles. The molecule has 0 aliphatic carbocycles. The molecule has 160 valence electrons. The standard InChI is InChI=1S/C21H26N4O5/c1-7-29-20(27)24(5)15-11-9-13-17-14(23(4)19(26)22(13)3)10-12-16(18(15)17)25(6)21(28)30-8-2/h9-12H,7-8H2,1-6H3. The van der Waals surface area contributed by atoms with Gasteiger partial charge in [0.1, 0.15) is 0 Å². The molecule has 0 atom stereocenters. The van der Waals surface area contributed by atoms with Gasteiger partial charge in [-0.15, -0.1) is 0 Å². The van der Waals surface area contributed by atoms with Crippen LogP contribution in [0.1, 0.15) is 13.8 Å². The van der Waals surface area contributed by atoms with Crippen LogP contribution in [-0.2, 0) is 9.47 Å². The van der Waals surface area contributed by atoms with Crippen molar-refractivity contribution in [1.29, 1.82) is 0 Å². The second kappa shape index (κ2) is 8.10. The lowest BCUT2D eigenvalue weighted by Crippen LogP contribution is -2.42. The van der Waals surface area contributed by atoms with Gasteiger partial charge in [-0.2, -0.15) is 0 Å². The fourth-order valence-corrected chi connectivity index (χ4v) is 3.61. The van der Waals surface area contributed by atoms with E-state index in [0.29, 0.717) is 28.1 Å². The maximum absolute atomic E-state index is 12.6. The van der Waals surface area contributed by atoms with Crippen LogP contribution in [-0.4, -0.2) is 59.6 Å². The number of rotatable bonds is 4. The first-order valence-corrected chi connectivity index (χ1v) is 9.66. The van der Waals surface area contributed by atoms with E-state index in [2.05, 4.69) is 0 Å². The molecule has 3 rings (SSSR count). The normalized spacial score (nSPS) is 12.8. The molecule has 0 saturated heterocycles. The molecule has 9 heteroatoms. The number of hydrogen-bond acceptors (Lipinski definition) is 5. The van der Waals surface area contributed by atoms with Crippen molar-refractivity contribution < 1.29 is 23.9 Å². The topological polar surface area (TPSA) is 82.6 Å². The van der Waals surface area contributed by atoms with Gasteiger partial charge in [0.25, 0.3) is 0 Å². The summed E-state index contributed by atoms with van der Waals surface area (Å²) in [7, 11) is 6.59. The summed E-state index contributed by atoms with van der Waals surface area (Å²) in [4.78, 5) is 43.4. The summed E-state index contributed by atoms with van der Waals surface area (Å²) in [5.41, 5.74) is 2.47. The van der Waals surface area contributed by atoms with E-state index in [-0.39, 0.29) is 19.2 Å². The zero-order valence-corrected chi connectivity index (χ0v) is 18.1. The summed E-state index contributed by atoms with van der Waals surface area (Å²) in [6, 6.07) is 6.89. The lowest BCUT2D eigenvalue weighted by Gasteiger charge is -2.35. The van der Waals surface area contributed by atoms with Crippen LogP contribution in [0.5, 0.6) is 0 Å². The van der Waals surface area contributed by atoms with Crippen LogP contribution < -0.4 is 19.6 Å². The summed E-state index contributed by atoms with van der Waals surface area (Å²) < 4.78 is 10.3. The summed E-state index contributed by atoms with van der Waals surface area (Å²) in [5.74, 6) is 0. The fraction of sp³-hybridized carbons (Fsp3) is 0.381. The molecule has 9 nitrogen and oxygen atoms in total. The van der Waals surface area contributed by atoms with Crippen LogP contribution in [0.15, 0.2) is 24.3 Å². The zero-order chi connectivity index (χ0) is 22.2. The highest BCUT2D eigenvalue weighted by molar-refractivity contribution is 6.25. The molecule has 1 aliphatic rings. The Morgan fingerprint density at radius 2 is 1.20 bits per heavy atom. The van der Waals surface area contributed by atoms with Crippen molar-refractivity contribution >= 4 is 51.7 Å². The summed E-state index contributed by atoms with van der Waals surface area (Å²) in [6.45, 7) is 3.94. The van der Waals surface area contributed by atoms with Gasteiger partial charge in [0.15, 0.2) is 0 Å². The predicted molar refractivity (Wildman–Crippen MR) is 117 cm³/mol. The number of hydrogen-bond donors (Lipinski definition) is 0. The lowest BCUT2D eigenvalue weighted by atomic mass is 9.99. The lowest BCUT2D eigenvalue weighted by molar-refractivity contribution is 0.160. The molecule has 2 aromatic rings. The van der Waals surface area contributed by atoms with Crippen LogP contribution in [0.3, 0.4) is 0 Å². The highest BCUT2D eigenvalue weighted by atomic mass is 16.6. The number of carbonyl (C=O) groups is 3. The smallest absolute Gasteiger partial charge is 0.414 e. The van der Waals surface area contributed by atoms with Crippen molar-refractivity contribution in [2.24, 2.45) is 0 Å². The molecule has 0 bridgehead atoms. The van der Waals surface area contributed by atoms with Crippen molar-refractivity contribution in [3.63, 3.8) is 0 Å². The summed E-state index contributed by atoms with van der Waals surface area (Å²) in [5, 5.41) is 1.39. The zero-order valence-electron chi connectivity index (χ0n) is 18.1. The molecular weight excluding hydrogens is 388 g/mol. The third kappa shape index (κ3) is 3.26. The van der Waals surface area contributed by atoms with Crippen molar-refractivity contribution in [3.05, 3.63) is 24.3 Å². The van der Waals surface area contributed by atoms with E-state index in [9.17, 15) is 14.4 Å². The molecule has 30 heavy (non-hydrogen) atoms. The number of urea groups is 1. The number of ether oxygens (including phenoxy) is 2. The maximum Gasteiger partial charge on any atom is 0.414 e. The van der Waals surface area contributed by atoms with Gasteiger partial charge in [-0.05, 0) is 38.1 Å². The minimum absolute atomic E-state index is 0.179. The van der Waals surface area contributed by atoms with Gasteiger partial charge in [0.05, 0.1) is 36.0 Å². The van der Waals surface area contributed by atoms with Gasteiger partial charge in [0, 0.05) is 39.0 Å². The van der Waals surface area contributed by atoms with Gasteiger partial charge in [-0.1, -0.05) is 0 Å². The molecule has 1 aliphatic heterocycles. The van der Waals surface area contributed by atoms with Gasteiger partial charge in [-0.3, -0.25) is 19.6 Å². The van der Waals surface area contributed by atoms with Crippen LogP contribution >= 0.6 is 0 Å². The molecule has 0 saturated carbocycles. The van der Waals surface area contributed by atoms with Gasteiger partial charge in [-0.25, -0.2) is 14.4 Å². The molecule has 2 aromatic carbocycles. The SMILES string of the molecule is CCOC(=O)N(C)c1ccc2c3c(ccc(N(C)C(=O)OCC)c13)N(C)C(=O)N2C. The molecule has 4 amide bonds. The molecule has 0 N–H and O–H groups in total. The Morgan fingerprint density at radius 3 is 1.57 bits per heavy atom. The Balaban J connectivity index is 2.34. The maximum atomic E-state index is 12.6. The van der Waals surface area contributed by atoms with E-state index < -0.39 is 12.2 Å². The summed E-state index contributed by atoms with van der Waals surface area (Å²) >= 11 is 0. The van der Waals surface area contributed by atoms with Gasteiger partial charge in [0.2, 0.25) is 0 Å². The third-order valence-corrected chi connectivity index (χ3v) is 5.18. The minimum Gasteiger partial charge on any atom is -0.449 e. The van der Waals surface area contributed by atoms with Crippen LogP contribution in [0.2, 0.25) is 0 Å². The number of amides is 4.